The molecule has 0 saturated heterocycles. The lowest BCUT2D eigenvalue weighted by Gasteiger charge is -2.30. The Morgan fingerprint density at radius 2 is 2.00 bits per heavy atom. The summed E-state index contributed by atoms with van der Waals surface area (Å²) in [7, 11) is 1.69. The van der Waals surface area contributed by atoms with Crippen LogP contribution in [0.4, 0.5) is 13.2 Å². The summed E-state index contributed by atoms with van der Waals surface area (Å²) in [5.41, 5.74) is -0.734. The van der Waals surface area contributed by atoms with Gasteiger partial charge in [0.25, 0.3) is 5.91 Å². The third-order valence-electron chi connectivity index (χ3n) is 5.15. The molecule has 9 heteroatoms. The second-order valence-electron chi connectivity index (χ2n) is 7.01. The molecule has 0 aromatic carbocycles. The zero-order valence-corrected chi connectivity index (χ0v) is 16.1. The van der Waals surface area contributed by atoms with Crippen LogP contribution >= 0.6 is 11.3 Å². The number of thiophene rings is 1. The number of carbonyl (C=O) groups excluding carboxylic acids is 1. The Balaban J connectivity index is 1.76. The summed E-state index contributed by atoms with van der Waals surface area (Å²) in [5, 5.41) is 5.74. The first kappa shape index (κ1) is 18.9. The van der Waals surface area contributed by atoms with Gasteiger partial charge >= 0.3 is 6.18 Å². The van der Waals surface area contributed by atoms with Crippen molar-refractivity contribution in [3.63, 3.8) is 0 Å². The van der Waals surface area contributed by atoms with E-state index in [4.69, 9.17) is 0 Å². The van der Waals surface area contributed by atoms with Gasteiger partial charge in [0.15, 0.2) is 17.0 Å². The van der Waals surface area contributed by atoms with E-state index in [1.165, 1.54) is 17.4 Å². The number of hydrogen-bond acceptors (Lipinski definition) is 4. The van der Waals surface area contributed by atoms with Crippen LogP contribution in [0.2, 0.25) is 0 Å². The van der Waals surface area contributed by atoms with E-state index < -0.39 is 11.9 Å². The van der Waals surface area contributed by atoms with Crippen molar-refractivity contribution in [2.75, 3.05) is 7.05 Å². The molecule has 1 fully saturated rings. The molecule has 0 atom stereocenters. The van der Waals surface area contributed by atoms with Gasteiger partial charge in [-0.05, 0) is 30.4 Å². The third kappa shape index (κ3) is 3.50. The first-order valence-corrected chi connectivity index (χ1v) is 10.0. The van der Waals surface area contributed by atoms with Gasteiger partial charge in [0, 0.05) is 19.2 Å². The lowest BCUT2D eigenvalue weighted by atomic mass is 9.94. The van der Waals surface area contributed by atoms with Gasteiger partial charge < -0.3 is 4.90 Å². The summed E-state index contributed by atoms with van der Waals surface area (Å²) >= 11 is 1.31. The number of nitrogens with zero attached hydrogens (tertiary/aromatic N) is 4. The largest absolute Gasteiger partial charge is 0.433 e. The third-order valence-corrected chi connectivity index (χ3v) is 6.05. The first-order chi connectivity index (χ1) is 13.3. The highest BCUT2D eigenvalue weighted by Crippen LogP contribution is 2.33. The second kappa shape index (κ2) is 7.20. The van der Waals surface area contributed by atoms with Crippen molar-refractivity contribution < 1.29 is 18.0 Å². The summed E-state index contributed by atoms with van der Waals surface area (Å²) in [6.07, 6.45) is 0.454. The van der Waals surface area contributed by atoms with Gasteiger partial charge in [0.1, 0.15) is 0 Å². The van der Waals surface area contributed by atoms with Gasteiger partial charge in [-0.1, -0.05) is 25.3 Å². The van der Waals surface area contributed by atoms with Crippen molar-refractivity contribution in [3.05, 3.63) is 41.0 Å². The molecule has 3 aromatic rings. The fourth-order valence-electron chi connectivity index (χ4n) is 3.65. The maximum Gasteiger partial charge on any atom is 0.433 e. The molecule has 3 heterocycles. The molecule has 0 spiro atoms. The Hall–Kier alpha value is -2.42. The van der Waals surface area contributed by atoms with Crippen LogP contribution < -0.4 is 0 Å². The summed E-state index contributed by atoms with van der Waals surface area (Å²) in [6.45, 7) is 0. The van der Waals surface area contributed by atoms with E-state index >= 15 is 0 Å². The summed E-state index contributed by atoms with van der Waals surface area (Å²) in [5.74, 6) is -0.372. The normalized spacial score (nSPS) is 15.9. The Morgan fingerprint density at radius 1 is 1.25 bits per heavy atom. The van der Waals surface area contributed by atoms with E-state index in [9.17, 15) is 18.0 Å². The first-order valence-electron chi connectivity index (χ1n) is 9.13. The smallest absolute Gasteiger partial charge is 0.337 e. The zero-order valence-electron chi connectivity index (χ0n) is 15.2. The quantitative estimate of drug-likeness (QED) is 0.621. The Bertz CT molecular complexity index is 991. The lowest BCUT2D eigenvalue weighted by Crippen LogP contribution is -2.38. The van der Waals surface area contributed by atoms with Crippen molar-refractivity contribution in [1.82, 2.24) is 19.5 Å². The van der Waals surface area contributed by atoms with Gasteiger partial charge in [-0.2, -0.15) is 18.3 Å². The van der Waals surface area contributed by atoms with Crippen molar-refractivity contribution in [2.24, 2.45) is 0 Å². The van der Waals surface area contributed by atoms with Crippen LogP contribution in [0.15, 0.2) is 29.6 Å². The van der Waals surface area contributed by atoms with Crippen molar-refractivity contribution >= 4 is 22.9 Å². The predicted molar refractivity (Wildman–Crippen MR) is 100 cm³/mol. The van der Waals surface area contributed by atoms with Crippen LogP contribution in [0.1, 0.15) is 48.3 Å². The summed E-state index contributed by atoms with van der Waals surface area (Å²) < 4.78 is 41.6. The highest BCUT2D eigenvalue weighted by Gasteiger charge is 2.36. The van der Waals surface area contributed by atoms with Crippen molar-refractivity contribution in [1.29, 1.82) is 0 Å². The van der Waals surface area contributed by atoms with Gasteiger partial charge in [-0.15, -0.1) is 11.3 Å². The number of alkyl halides is 3. The predicted octanol–water partition coefficient (Wildman–Crippen LogP) is 4.88. The lowest BCUT2D eigenvalue weighted by molar-refractivity contribution is -0.142. The van der Waals surface area contributed by atoms with Crippen LogP contribution in [-0.2, 0) is 6.18 Å². The molecular formula is C19H19F3N4OS. The van der Waals surface area contributed by atoms with Crippen LogP contribution in [0, 0.1) is 0 Å². The molecule has 1 amide bonds. The van der Waals surface area contributed by atoms with Crippen LogP contribution in [0.25, 0.3) is 16.2 Å². The minimum absolute atomic E-state index is 0.0126. The second-order valence-corrected chi connectivity index (χ2v) is 7.96. The molecule has 0 unspecified atom stereocenters. The standard InChI is InChI=1S/C19H19F3N4OS/c1-25(12-6-3-2-4-7-12)18(27)14-11-17-23-13(15-8-5-9-28-15)10-16(19(20,21)22)26(17)24-14/h5,8-12H,2-4,6-7H2,1H3. The molecule has 4 rings (SSSR count). The molecule has 1 saturated carbocycles. The summed E-state index contributed by atoms with van der Waals surface area (Å²) in [6, 6.07) is 5.88. The van der Waals surface area contributed by atoms with Gasteiger partial charge in [-0.25, -0.2) is 9.50 Å². The molecule has 1 aliphatic rings. The number of rotatable bonds is 3. The van der Waals surface area contributed by atoms with Gasteiger partial charge in [0.05, 0.1) is 10.6 Å². The van der Waals surface area contributed by atoms with Crippen LogP contribution in [0.5, 0.6) is 0 Å². The monoisotopic (exact) mass is 408 g/mol. The molecule has 0 N–H and O–H groups in total. The molecule has 148 valence electrons. The van der Waals surface area contributed by atoms with E-state index in [1.807, 2.05) is 0 Å². The number of halogens is 3. The highest BCUT2D eigenvalue weighted by atomic mass is 32.1. The molecule has 0 aliphatic heterocycles. The van der Waals surface area contributed by atoms with Crippen molar-refractivity contribution in [2.45, 2.75) is 44.3 Å². The number of amides is 1. The minimum atomic E-state index is -4.62. The molecule has 3 aromatic heterocycles. The van der Waals surface area contributed by atoms with E-state index in [-0.39, 0.29) is 29.0 Å². The average molecular weight is 408 g/mol. The zero-order chi connectivity index (χ0) is 19.9. The number of hydrogen-bond donors (Lipinski definition) is 0. The van der Waals surface area contributed by atoms with E-state index in [1.54, 1.807) is 29.5 Å². The molecule has 28 heavy (non-hydrogen) atoms. The van der Waals surface area contributed by atoms with Gasteiger partial charge in [0.2, 0.25) is 0 Å². The highest BCUT2D eigenvalue weighted by molar-refractivity contribution is 7.13. The SMILES string of the molecule is CN(C(=O)c1cc2nc(-c3cccs3)cc(C(F)(F)F)n2n1)C1CCCCC1. The Kier molecular flexibility index (Phi) is 4.86. The number of aromatic nitrogens is 3. The van der Waals surface area contributed by atoms with Gasteiger partial charge in [-0.3, -0.25) is 4.79 Å². The fourth-order valence-corrected chi connectivity index (χ4v) is 4.33. The van der Waals surface area contributed by atoms with E-state index in [0.717, 1.165) is 42.7 Å². The fraction of sp³-hybridized carbons (Fsp3) is 0.421. The number of fused-ring (bicyclic) bond motifs is 1. The molecule has 5 nitrogen and oxygen atoms in total. The van der Waals surface area contributed by atoms with Crippen molar-refractivity contribution in [3.8, 4) is 10.6 Å². The molecular weight excluding hydrogens is 389 g/mol. The minimum Gasteiger partial charge on any atom is -0.337 e. The number of carbonyl (C=O) groups is 1. The summed E-state index contributed by atoms with van der Waals surface area (Å²) in [4.78, 5) is 19.4. The van der Waals surface area contributed by atoms with Crippen LogP contribution in [0.3, 0.4) is 0 Å². The van der Waals surface area contributed by atoms with E-state index in [2.05, 4.69) is 10.1 Å². The maximum atomic E-state index is 13.6. The Labute approximate surface area is 163 Å². The van der Waals surface area contributed by atoms with Crippen LogP contribution in [-0.4, -0.2) is 38.5 Å². The molecule has 0 radical (unpaired) electrons. The molecule has 0 bridgehead atoms. The average Bonchev–Trinajstić information content (AvgIpc) is 3.35. The maximum absolute atomic E-state index is 13.6. The van der Waals surface area contributed by atoms with E-state index in [0.29, 0.717) is 4.88 Å². The molecule has 1 aliphatic carbocycles. The Morgan fingerprint density at radius 3 is 2.64 bits per heavy atom. The topological polar surface area (TPSA) is 50.5 Å².